The lowest BCUT2D eigenvalue weighted by Gasteiger charge is -2.08. The van der Waals surface area contributed by atoms with Gasteiger partial charge in [-0.1, -0.05) is 24.3 Å². The van der Waals surface area contributed by atoms with E-state index >= 15 is 0 Å². The van der Waals surface area contributed by atoms with Gasteiger partial charge >= 0.3 is 5.97 Å². The van der Waals surface area contributed by atoms with Crippen molar-refractivity contribution in [2.24, 2.45) is 0 Å². The molecule has 0 saturated heterocycles. The molecule has 2 N–H and O–H groups in total. The number of hydrogen-bond donors (Lipinski definition) is 2. The quantitative estimate of drug-likeness (QED) is 0.858. The summed E-state index contributed by atoms with van der Waals surface area (Å²) >= 11 is 1.69. The zero-order valence-corrected chi connectivity index (χ0v) is 12.4. The molecule has 4 nitrogen and oxygen atoms in total. The van der Waals surface area contributed by atoms with Gasteiger partial charge in [-0.2, -0.15) is 0 Å². The fourth-order valence-electron chi connectivity index (χ4n) is 1.88. The van der Waals surface area contributed by atoms with Crippen molar-refractivity contribution in [3.63, 3.8) is 0 Å². The molecule has 1 aromatic heterocycles. The van der Waals surface area contributed by atoms with Gasteiger partial charge in [0.15, 0.2) is 0 Å². The molecule has 0 radical (unpaired) electrons. The lowest BCUT2D eigenvalue weighted by Crippen LogP contribution is -2.12. The normalized spacial score (nSPS) is 12.3. The van der Waals surface area contributed by atoms with Gasteiger partial charge in [0.25, 0.3) is 0 Å². The largest absolute Gasteiger partial charge is 0.481 e. The van der Waals surface area contributed by atoms with Gasteiger partial charge in [0.1, 0.15) is 0 Å². The smallest absolute Gasteiger partial charge is 0.310 e. The Labute approximate surface area is 122 Å². The third kappa shape index (κ3) is 3.88. The summed E-state index contributed by atoms with van der Waals surface area (Å²) in [5.41, 5.74) is 1.98. The van der Waals surface area contributed by atoms with Gasteiger partial charge in [-0.3, -0.25) is 4.79 Å². The number of aryl methyl sites for hydroxylation is 1. The van der Waals surface area contributed by atoms with Crippen LogP contribution in [0.4, 0.5) is 0 Å². The highest BCUT2D eigenvalue weighted by atomic mass is 32.1. The van der Waals surface area contributed by atoms with E-state index < -0.39 is 11.9 Å². The first-order valence-electron chi connectivity index (χ1n) is 6.50. The van der Waals surface area contributed by atoms with Gasteiger partial charge in [0.05, 0.1) is 10.9 Å². The minimum Gasteiger partial charge on any atom is -0.481 e. The zero-order valence-electron chi connectivity index (χ0n) is 11.6. The highest BCUT2D eigenvalue weighted by molar-refractivity contribution is 7.11. The molecule has 20 heavy (non-hydrogen) atoms. The fourth-order valence-corrected chi connectivity index (χ4v) is 2.65. The highest BCUT2D eigenvalue weighted by Crippen LogP contribution is 2.16. The summed E-state index contributed by atoms with van der Waals surface area (Å²) < 4.78 is 0. The molecule has 106 valence electrons. The monoisotopic (exact) mass is 290 g/mol. The Bertz CT molecular complexity index is 578. The van der Waals surface area contributed by atoms with Crippen LogP contribution in [0.25, 0.3) is 0 Å². The predicted molar refractivity (Wildman–Crippen MR) is 79.9 cm³/mol. The summed E-state index contributed by atoms with van der Waals surface area (Å²) in [5.74, 6) is -1.26. The van der Waals surface area contributed by atoms with Gasteiger partial charge < -0.3 is 10.4 Å². The lowest BCUT2D eigenvalue weighted by atomic mass is 10.0. The van der Waals surface area contributed by atoms with Crippen LogP contribution in [0.15, 0.2) is 30.5 Å². The van der Waals surface area contributed by atoms with Crippen molar-refractivity contribution in [1.82, 2.24) is 10.3 Å². The maximum absolute atomic E-state index is 10.9. The van der Waals surface area contributed by atoms with Crippen LogP contribution in [0.2, 0.25) is 0 Å². The predicted octanol–water partition coefficient (Wildman–Crippen LogP) is 2.93. The van der Waals surface area contributed by atoms with Crippen LogP contribution in [0.1, 0.15) is 33.9 Å². The van der Waals surface area contributed by atoms with Gasteiger partial charge in [0, 0.05) is 24.2 Å². The van der Waals surface area contributed by atoms with Gasteiger partial charge in [-0.25, -0.2) is 4.98 Å². The molecule has 0 amide bonds. The molecule has 0 fully saturated rings. The summed E-state index contributed by atoms with van der Waals surface area (Å²) in [6.07, 6.45) is 1.89. The molecular formula is C15H18N2O2S. The van der Waals surface area contributed by atoms with Crippen LogP contribution in [-0.2, 0) is 17.9 Å². The molecule has 0 bridgehead atoms. The Morgan fingerprint density at radius 1 is 1.35 bits per heavy atom. The molecule has 0 aliphatic rings. The maximum atomic E-state index is 10.9. The summed E-state index contributed by atoms with van der Waals surface area (Å²) in [6, 6.07) is 7.71. The van der Waals surface area contributed by atoms with Crippen LogP contribution in [0.3, 0.4) is 0 Å². The first-order valence-corrected chi connectivity index (χ1v) is 7.31. The molecule has 0 aliphatic heterocycles. The fraction of sp³-hybridized carbons (Fsp3) is 0.333. The first kappa shape index (κ1) is 14.7. The topological polar surface area (TPSA) is 62.2 Å². The lowest BCUT2D eigenvalue weighted by molar-refractivity contribution is -0.138. The van der Waals surface area contributed by atoms with Crippen LogP contribution in [0, 0.1) is 6.92 Å². The van der Waals surface area contributed by atoms with Crippen molar-refractivity contribution >= 4 is 17.3 Å². The molecule has 0 spiro atoms. The molecule has 1 atom stereocenters. The molecule has 0 aliphatic carbocycles. The second-order valence-corrected chi connectivity index (χ2v) is 6.07. The van der Waals surface area contributed by atoms with Gasteiger partial charge in [-0.15, -0.1) is 11.3 Å². The van der Waals surface area contributed by atoms with E-state index in [0.717, 1.165) is 29.2 Å². The average molecular weight is 290 g/mol. The van der Waals surface area contributed by atoms with E-state index in [4.69, 9.17) is 5.11 Å². The van der Waals surface area contributed by atoms with E-state index in [2.05, 4.69) is 10.3 Å². The van der Waals surface area contributed by atoms with Gasteiger partial charge in [-0.05, 0) is 25.0 Å². The summed E-state index contributed by atoms with van der Waals surface area (Å²) in [6.45, 7) is 5.26. The van der Waals surface area contributed by atoms with Crippen molar-refractivity contribution in [3.05, 3.63) is 51.5 Å². The molecular weight excluding hydrogens is 272 g/mol. The maximum Gasteiger partial charge on any atom is 0.310 e. The number of hydrogen-bond acceptors (Lipinski definition) is 4. The summed E-state index contributed by atoms with van der Waals surface area (Å²) in [7, 11) is 0. The SMILES string of the molecule is Cc1ncc(CNCc2ccc(C(C)C(=O)O)cc2)s1. The molecule has 1 unspecified atom stereocenters. The number of benzene rings is 1. The van der Waals surface area contributed by atoms with E-state index in [0.29, 0.717) is 0 Å². The van der Waals surface area contributed by atoms with E-state index in [-0.39, 0.29) is 0 Å². The number of nitrogens with zero attached hydrogens (tertiary/aromatic N) is 1. The number of carboxylic acid groups (broad SMARTS) is 1. The van der Waals surface area contributed by atoms with Crippen LogP contribution in [-0.4, -0.2) is 16.1 Å². The Morgan fingerprint density at radius 3 is 2.60 bits per heavy atom. The van der Waals surface area contributed by atoms with E-state index in [1.54, 1.807) is 18.3 Å². The highest BCUT2D eigenvalue weighted by Gasteiger charge is 2.12. The number of carboxylic acids is 1. The number of rotatable bonds is 6. The van der Waals surface area contributed by atoms with Crippen molar-refractivity contribution in [2.45, 2.75) is 32.9 Å². The van der Waals surface area contributed by atoms with Crippen molar-refractivity contribution in [3.8, 4) is 0 Å². The number of nitrogens with one attached hydrogen (secondary N) is 1. The third-order valence-electron chi connectivity index (χ3n) is 3.15. The summed E-state index contributed by atoms with van der Waals surface area (Å²) in [4.78, 5) is 16.3. The third-order valence-corrected chi connectivity index (χ3v) is 4.06. The zero-order chi connectivity index (χ0) is 14.5. The molecule has 1 aromatic carbocycles. The molecule has 5 heteroatoms. The Hall–Kier alpha value is -1.72. The standard InChI is InChI=1S/C15H18N2O2S/c1-10(15(18)19)13-5-3-12(4-6-13)7-16-8-14-9-17-11(2)20-14/h3-6,9-10,16H,7-8H2,1-2H3,(H,18,19). The van der Waals surface area contributed by atoms with Crippen molar-refractivity contribution < 1.29 is 9.90 Å². The Morgan fingerprint density at radius 2 is 2.05 bits per heavy atom. The van der Waals surface area contributed by atoms with Crippen LogP contribution < -0.4 is 5.32 Å². The minimum absolute atomic E-state index is 0.461. The summed E-state index contributed by atoms with van der Waals surface area (Å²) in [5, 5.41) is 13.4. The van der Waals surface area contributed by atoms with E-state index in [1.807, 2.05) is 37.4 Å². The van der Waals surface area contributed by atoms with E-state index in [1.165, 1.54) is 4.88 Å². The van der Waals surface area contributed by atoms with Crippen LogP contribution >= 0.6 is 11.3 Å². The second-order valence-electron chi connectivity index (χ2n) is 4.75. The number of thiazole rings is 1. The first-order chi connectivity index (χ1) is 9.56. The van der Waals surface area contributed by atoms with Crippen LogP contribution in [0.5, 0.6) is 0 Å². The van der Waals surface area contributed by atoms with Crippen molar-refractivity contribution in [2.75, 3.05) is 0 Å². The number of carbonyl (C=O) groups is 1. The molecule has 0 saturated carbocycles. The number of aromatic nitrogens is 1. The minimum atomic E-state index is -0.795. The average Bonchev–Trinajstić information content (AvgIpc) is 2.84. The second kappa shape index (κ2) is 6.63. The molecule has 2 rings (SSSR count). The van der Waals surface area contributed by atoms with Gasteiger partial charge in [0.2, 0.25) is 0 Å². The Kier molecular flexibility index (Phi) is 4.87. The van der Waals surface area contributed by atoms with E-state index in [9.17, 15) is 4.79 Å². The molecule has 2 aromatic rings. The Balaban J connectivity index is 1.86. The number of aliphatic carboxylic acids is 1. The van der Waals surface area contributed by atoms with Crippen molar-refractivity contribution in [1.29, 1.82) is 0 Å². The molecule has 1 heterocycles.